The monoisotopic (exact) mass is 289 g/mol. The largest absolute Gasteiger partial charge is 0.355 e. The van der Waals surface area contributed by atoms with Crippen LogP contribution >= 0.6 is 0 Å². The van der Waals surface area contributed by atoms with E-state index in [4.69, 9.17) is 0 Å². The number of amides is 1. The summed E-state index contributed by atoms with van der Waals surface area (Å²) in [6, 6.07) is 0. The third-order valence-corrected chi connectivity index (χ3v) is 5.86. The van der Waals surface area contributed by atoms with Gasteiger partial charge in [0.2, 0.25) is 5.91 Å². The second-order valence-corrected chi connectivity index (χ2v) is 7.42. The van der Waals surface area contributed by atoms with Gasteiger partial charge in [-0.15, -0.1) is 5.10 Å². The molecule has 6 heteroatoms. The van der Waals surface area contributed by atoms with Crippen LogP contribution in [0.15, 0.2) is 0 Å². The van der Waals surface area contributed by atoms with Crippen molar-refractivity contribution in [3.8, 4) is 0 Å². The van der Waals surface area contributed by atoms with Gasteiger partial charge in [0.05, 0.1) is 0 Å². The molecular weight excluding hydrogens is 266 g/mol. The highest BCUT2D eigenvalue weighted by Crippen LogP contribution is 2.60. The Morgan fingerprint density at radius 3 is 2.38 bits per heavy atom. The molecule has 0 atom stereocenters. The van der Waals surface area contributed by atoms with Gasteiger partial charge in [-0.05, 0) is 66.7 Å². The van der Waals surface area contributed by atoms with E-state index >= 15 is 0 Å². The molecule has 5 rings (SSSR count). The van der Waals surface area contributed by atoms with Gasteiger partial charge >= 0.3 is 0 Å². The standard InChI is InChI=1S/C15H23N5O/c1-20-13(17-18-19-20)2-3-16-14(21)15-7-10-4-11(8-15)6-12(5-10)9-15/h10-12H,2-9H2,1H3,(H,16,21). The van der Waals surface area contributed by atoms with Gasteiger partial charge in [-0.25, -0.2) is 4.68 Å². The molecule has 1 N–H and O–H groups in total. The molecule has 1 aromatic heterocycles. The summed E-state index contributed by atoms with van der Waals surface area (Å²) in [6.45, 7) is 0.634. The lowest BCUT2D eigenvalue weighted by Gasteiger charge is -2.55. The van der Waals surface area contributed by atoms with Gasteiger partial charge in [0.15, 0.2) is 5.82 Å². The Balaban J connectivity index is 1.38. The Morgan fingerprint density at radius 1 is 1.24 bits per heavy atom. The molecule has 4 bridgehead atoms. The van der Waals surface area contributed by atoms with Crippen LogP contribution in [-0.4, -0.2) is 32.7 Å². The third kappa shape index (κ3) is 2.24. The van der Waals surface area contributed by atoms with Crippen LogP contribution in [0.1, 0.15) is 44.3 Å². The van der Waals surface area contributed by atoms with Gasteiger partial charge in [-0.1, -0.05) is 0 Å². The smallest absolute Gasteiger partial charge is 0.226 e. The highest BCUT2D eigenvalue weighted by Gasteiger charge is 2.54. The average Bonchev–Trinajstić information content (AvgIpc) is 2.83. The number of nitrogens with one attached hydrogen (secondary N) is 1. The number of hydrogen-bond acceptors (Lipinski definition) is 4. The highest BCUT2D eigenvalue weighted by atomic mass is 16.2. The molecule has 21 heavy (non-hydrogen) atoms. The molecule has 0 unspecified atom stereocenters. The van der Waals surface area contributed by atoms with Crippen molar-refractivity contribution >= 4 is 5.91 Å². The zero-order chi connectivity index (χ0) is 14.4. The van der Waals surface area contributed by atoms with Crippen molar-refractivity contribution in [1.29, 1.82) is 0 Å². The van der Waals surface area contributed by atoms with Gasteiger partial charge in [-0.3, -0.25) is 4.79 Å². The summed E-state index contributed by atoms with van der Waals surface area (Å²) in [6.07, 6.45) is 8.18. The van der Waals surface area contributed by atoms with Crippen LogP contribution in [-0.2, 0) is 18.3 Å². The number of hydrogen-bond donors (Lipinski definition) is 1. The molecule has 4 fully saturated rings. The predicted molar refractivity (Wildman–Crippen MR) is 76.1 cm³/mol. The molecule has 0 spiro atoms. The first-order chi connectivity index (χ1) is 10.1. The van der Waals surface area contributed by atoms with Crippen LogP contribution in [0.3, 0.4) is 0 Å². The zero-order valence-corrected chi connectivity index (χ0v) is 12.6. The third-order valence-electron chi connectivity index (χ3n) is 5.86. The molecule has 0 aromatic carbocycles. The maximum absolute atomic E-state index is 12.7. The van der Waals surface area contributed by atoms with E-state index in [0.717, 1.165) is 42.8 Å². The number of carbonyl (C=O) groups is 1. The fourth-order valence-corrected chi connectivity index (χ4v) is 5.32. The Morgan fingerprint density at radius 2 is 1.86 bits per heavy atom. The molecule has 6 nitrogen and oxygen atoms in total. The lowest BCUT2D eigenvalue weighted by molar-refractivity contribution is -0.146. The fourth-order valence-electron chi connectivity index (χ4n) is 5.32. The van der Waals surface area contributed by atoms with E-state index in [2.05, 4.69) is 20.8 Å². The van der Waals surface area contributed by atoms with E-state index in [1.165, 1.54) is 19.3 Å². The minimum absolute atomic E-state index is 0.0487. The van der Waals surface area contributed by atoms with Gasteiger partial charge in [0, 0.05) is 25.4 Å². The van der Waals surface area contributed by atoms with Crippen LogP contribution in [0.5, 0.6) is 0 Å². The molecule has 114 valence electrons. The summed E-state index contributed by atoms with van der Waals surface area (Å²) < 4.78 is 1.66. The number of carbonyl (C=O) groups excluding carboxylic acids is 1. The van der Waals surface area contributed by atoms with E-state index < -0.39 is 0 Å². The van der Waals surface area contributed by atoms with E-state index in [-0.39, 0.29) is 11.3 Å². The van der Waals surface area contributed by atoms with E-state index in [9.17, 15) is 4.79 Å². The van der Waals surface area contributed by atoms with Crippen molar-refractivity contribution in [2.45, 2.75) is 44.9 Å². The second kappa shape index (κ2) is 4.78. The molecule has 4 aliphatic rings. The fraction of sp³-hybridized carbons (Fsp3) is 0.867. The zero-order valence-electron chi connectivity index (χ0n) is 12.6. The second-order valence-electron chi connectivity index (χ2n) is 7.42. The van der Waals surface area contributed by atoms with E-state index in [1.807, 2.05) is 7.05 Å². The number of aromatic nitrogens is 4. The molecule has 4 saturated carbocycles. The summed E-state index contributed by atoms with van der Waals surface area (Å²) in [7, 11) is 1.83. The molecule has 0 saturated heterocycles. The van der Waals surface area contributed by atoms with Crippen LogP contribution in [0.2, 0.25) is 0 Å². The van der Waals surface area contributed by atoms with Crippen LogP contribution in [0.4, 0.5) is 0 Å². The number of tetrazole rings is 1. The Bertz CT molecular complexity index is 517. The van der Waals surface area contributed by atoms with Crippen LogP contribution < -0.4 is 5.32 Å². The SMILES string of the molecule is Cn1nnnc1CCNC(=O)C12CC3CC(CC(C3)C1)C2. The summed E-state index contributed by atoms with van der Waals surface area (Å²) in [4.78, 5) is 12.7. The van der Waals surface area contributed by atoms with Crippen molar-refractivity contribution in [3.63, 3.8) is 0 Å². The predicted octanol–water partition coefficient (Wildman–Crippen LogP) is 1.09. The average molecular weight is 289 g/mol. The Kier molecular flexibility index (Phi) is 3.01. The van der Waals surface area contributed by atoms with Crippen molar-refractivity contribution in [3.05, 3.63) is 5.82 Å². The lowest BCUT2D eigenvalue weighted by Crippen LogP contribution is -2.53. The first-order valence-electron chi connectivity index (χ1n) is 8.14. The minimum atomic E-state index is -0.0487. The molecule has 1 amide bonds. The quantitative estimate of drug-likeness (QED) is 0.900. The molecular formula is C15H23N5O. The number of aryl methyl sites for hydroxylation is 1. The molecule has 0 aliphatic heterocycles. The Labute approximate surface area is 124 Å². The number of nitrogens with zero attached hydrogens (tertiary/aromatic N) is 4. The first-order valence-corrected chi connectivity index (χ1v) is 8.14. The first kappa shape index (κ1) is 13.2. The van der Waals surface area contributed by atoms with Crippen molar-refractivity contribution in [2.75, 3.05) is 6.54 Å². The molecule has 1 heterocycles. The summed E-state index contributed by atoms with van der Waals surface area (Å²) in [5.41, 5.74) is -0.0487. The topological polar surface area (TPSA) is 72.7 Å². The van der Waals surface area contributed by atoms with Gasteiger partial charge in [0.1, 0.15) is 0 Å². The summed E-state index contributed by atoms with van der Waals surface area (Å²) in [5.74, 6) is 3.54. The highest BCUT2D eigenvalue weighted by molar-refractivity contribution is 5.83. The summed E-state index contributed by atoms with van der Waals surface area (Å²) in [5, 5.41) is 14.5. The van der Waals surface area contributed by atoms with Gasteiger partial charge in [0.25, 0.3) is 0 Å². The normalized spacial score (nSPS) is 36.9. The van der Waals surface area contributed by atoms with Crippen LogP contribution in [0, 0.1) is 23.2 Å². The minimum Gasteiger partial charge on any atom is -0.355 e. The maximum atomic E-state index is 12.7. The van der Waals surface area contributed by atoms with Crippen molar-refractivity contribution in [1.82, 2.24) is 25.5 Å². The maximum Gasteiger partial charge on any atom is 0.226 e. The molecule has 4 aliphatic carbocycles. The van der Waals surface area contributed by atoms with E-state index in [1.54, 1.807) is 4.68 Å². The Hall–Kier alpha value is -1.46. The van der Waals surface area contributed by atoms with Crippen LogP contribution in [0.25, 0.3) is 0 Å². The molecule has 1 aromatic rings. The van der Waals surface area contributed by atoms with Gasteiger partial charge < -0.3 is 5.32 Å². The van der Waals surface area contributed by atoms with Gasteiger partial charge in [-0.2, -0.15) is 0 Å². The van der Waals surface area contributed by atoms with Crippen molar-refractivity contribution in [2.24, 2.45) is 30.2 Å². The molecule has 0 radical (unpaired) electrons. The lowest BCUT2D eigenvalue weighted by atomic mass is 9.49. The van der Waals surface area contributed by atoms with E-state index in [0.29, 0.717) is 13.0 Å². The summed E-state index contributed by atoms with van der Waals surface area (Å²) >= 11 is 0. The van der Waals surface area contributed by atoms with Crippen molar-refractivity contribution < 1.29 is 4.79 Å². The number of rotatable bonds is 4.